The number of carbonyl (C=O) groups excluding carboxylic acids is 1. The fraction of sp³-hybridized carbons (Fsp3) is 0.609. The van der Waals surface area contributed by atoms with E-state index in [9.17, 15) is 4.79 Å². The quantitative estimate of drug-likeness (QED) is 0.443. The van der Waals surface area contributed by atoms with Crippen molar-refractivity contribution in [3.63, 3.8) is 0 Å². The van der Waals surface area contributed by atoms with E-state index in [1.807, 2.05) is 30.3 Å². The van der Waals surface area contributed by atoms with Gasteiger partial charge >= 0.3 is 5.97 Å². The summed E-state index contributed by atoms with van der Waals surface area (Å²) in [6.45, 7) is 5.73. The van der Waals surface area contributed by atoms with Crippen molar-refractivity contribution in [3.05, 3.63) is 48.6 Å². The average Bonchev–Trinajstić information content (AvgIpc) is 2.62. The van der Waals surface area contributed by atoms with Crippen molar-refractivity contribution in [2.24, 2.45) is 5.92 Å². The molecule has 1 aromatic carbocycles. The van der Waals surface area contributed by atoms with Gasteiger partial charge in [-0.05, 0) is 24.3 Å². The number of benzene rings is 1. The van der Waals surface area contributed by atoms with E-state index in [2.05, 4.69) is 12.7 Å². The van der Waals surface area contributed by atoms with Crippen LogP contribution in [-0.2, 0) is 16.1 Å². The second kappa shape index (κ2) is 14.7. The van der Waals surface area contributed by atoms with Gasteiger partial charge in [0.15, 0.2) is 0 Å². The van der Waals surface area contributed by atoms with Crippen molar-refractivity contribution in [1.82, 2.24) is 0 Å². The summed E-state index contributed by atoms with van der Waals surface area (Å²) in [6, 6.07) is 9.60. The van der Waals surface area contributed by atoms with Gasteiger partial charge in [-0.2, -0.15) is 0 Å². The van der Waals surface area contributed by atoms with Crippen LogP contribution in [0.2, 0.25) is 0 Å². The van der Waals surface area contributed by atoms with E-state index in [4.69, 9.17) is 4.74 Å². The third-order valence-corrected chi connectivity index (χ3v) is 4.77. The molecule has 140 valence electrons. The lowest BCUT2D eigenvalue weighted by atomic mass is 9.93. The normalized spacial score (nSPS) is 17.2. The first-order chi connectivity index (χ1) is 12.2. The van der Waals surface area contributed by atoms with E-state index in [0.29, 0.717) is 6.61 Å². The van der Waals surface area contributed by atoms with E-state index in [-0.39, 0.29) is 5.97 Å². The van der Waals surface area contributed by atoms with Crippen LogP contribution in [0, 0.1) is 5.92 Å². The second-order valence-electron chi connectivity index (χ2n) is 7.02. The molecule has 0 aromatic heterocycles. The molecule has 2 rings (SSSR count). The Kier molecular flexibility index (Phi) is 12.7. The molecule has 0 aliphatic heterocycles. The Labute approximate surface area is 154 Å². The lowest BCUT2D eigenvalue weighted by Crippen LogP contribution is -1.97. The summed E-state index contributed by atoms with van der Waals surface area (Å²) >= 11 is 0. The van der Waals surface area contributed by atoms with Crippen molar-refractivity contribution in [2.45, 2.75) is 84.2 Å². The highest BCUT2D eigenvalue weighted by molar-refractivity contribution is 5.65. The second-order valence-corrected chi connectivity index (χ2v) is 7.02. The van der Waals surface area contributed by atoms with Crippen LogP contribution < -0.4 is 0 Å². The fourth-order valence-corrected chi connectivity index (χ4v) is 3.19. The summed E-state index contributed by atoms with van der Waals surface area (Å²) in [6.07, 6.45) is 18.1. The first-order valence-corrected chi connectivity index (χ1v) is 10.0. The Morgan fingerprint density at radius 3 is 1.88 bits per heavy atom. The minimum absolute atomic E-state index is 0.242. The van der Waals surface area contributed by atoms with Gasteiger partial charge in [-0.3, -0.25) is 4.79 Å². The molecular formula is C23H36O2. The standard InChI is InChI=1S/C14H26.C9H10O2/c1-2-14-12-10-8-6-4-3-5-7-9-11-13-14;1-8(10)11-7-9-5-3-2-4-6-9/h2,14H,1,3-13H2;2-6H,7H2,1H3. The van der Waals surface area contributed by atoms with Crippen LogP contribution in [0.5, 0.6) is 0 Å². The van der Waals surface area contributed by atoms with E-state index < -0.39 is 0 Å². The van der Waals surface area contributed by atoms with E-state index in [1.54, 1.807) is 0 Å². The van der Waals surface area contributed by atoms with Gasteiger partial charge in [0.1, 0.15) is 6.61 Å². The monoisotopic (exact) mass is 344 g/mol. The number of rotatable bonds is 3. The molecule has 0 N–H and O–H groups in total. The predicted octanol–water partition coefficient (Wildman–Crippen LogP) is 6.84. The Morgan fingerprint density at radius 1 is 0.960 bits per heavy atom. The Hall–Kier alpha value is -1.57. The molecule has 0 radical (unpaired) electrons. The summed E-state index contributed by atoms with van der Waals surface area (Å²) in [5.74, 6) is 0.572. The highest BCUT2D eigenvalue weighted by Gasteiger charge is 2.04. The molecule has 2 nitrogen and oxygen atoms in total. The van der Waals surface area contributed by atoms with Crippen LogP contribution in [0.25, 0.3) is 0 Å². The van der Waals surface area contributed by atoms with Crippen LogP contribution in [-0.4, -0.2) is 5.97 Å². The zero-order valence-electron chi connectivity index (χ0n) is 16.1. The molecule has 0 atom stereocenters. The van der Waals surface area contributed by atoms with E-state index in [0.717, 1.165) is 11.5 Å². The van der Waals surface area contributed by atoms with Crippen molar-refractivity contribution in [3.8, 4) is 0 Å². The van der Waals surface area contributed by atoms with Crippen molar-refractivity contribution >= 4 is 5.97 Å². The van der Waals surface area contributed by atoms with Gasteiger partial charge in [0.05, 0.1) is 0 Å². The van der Waals surface area contributed by atoms with Crippen LogP contribution in [0.15, 0.2) is 43.0 Å². The maximum absolute atomic E-state index is 10.4. The highest BCUT2D eigenvalue weighted by Crippen LogP contribution is 2.21. The molecule has 1 aliphatic carbocycles. The molecule has 0 bridgehead atoms. The average molecular weight is 345 g/mol. The Bertz CT molecular complexity index is 440. The van der Waals surface area contributed by atoms with Crippen LogP contribution >= 0.6 is 0 Å². The highest BCUT2D eigenvalue weighted by atomic mass is 16.5. The smallest absolute Gasteiger partial charge is 0.302 e. The fourth-order valence-electron chi connectivity index (χ4n) is 3.19. The van der Waals surface area contributed by atoms with Gasteiger partial charge < -0.3 is 4.74 Å². The first kappa shape index (κ1) is 21.5. The summed E-state index contributed by atoms with van der Waals surface area (Å²) in [5, 5.41) is 0. The molecule has 0 unspecified atom stereocenters. The topological polar surface area (TPSA) is 26.3 Å². The number of hydrogen-bond acceptors (Lipinski definition) is 2. The summed E-state index contributed by atoms with van der Waals surface area (Å²) in [4.78, 5) is 10.4. The van der Waals surface area contributed by atoms with Crippen LogP contribution in [0.1, 0.15) is 83.1 Å². The third-order valence-electron chi connectivity index (χ3n) is 4.77. The molecular weight excluding hydrogens is 308 g/mol. The van der Waals surface area contributed by atoms with Crippen LogP contribution in [0.3, 0.4) is 0 Å². The van der Waals surface area contributed by atoms with Gasteiger partial charge in [0.2, 0.25) is 0 Å². The SMILES string of the molecule is C=CC1CCCCCCCCCCC1.CC(=O)OCc1ccccc1. The molecule has 0 saturated heterocycles. The molecule has 0 spiro atoms. The lowest BCUT2D eigenvalue weighted by Gasteiger charge is -2.13. The maximum atomic E-state index is 10.4. The minimum Gasteiger partial charge on any atom is -0.461 e. The summed E-state index contributed by atoms with van der Waals surface area (Å²) < 4.78 is 4.79. The van der Waals surface area contributed by atoms with Crippen molar-refractivity contribution < 1.29 is 9.53 Å². The largest absolute Gasteiger partial charge is 0.461 e. The third kappa shape index (κ3) is 12.4. The number of ether oxygens (including phenoxy) is 1. The lowest BCUT2D eigenvalue weighted by molar-refractivity contribution is -0.142. The molecule has 1 aromatic rings. The maximum Gasteiger partial charge on any atom is 0.302 e. The number of allylic oxidation sites excluding steroid dienone is 1. The zero-order valence-corrected chi connectivity index (χ0v) is 16.1. The van der Waals surface area contributed by atoms with Gasteiger partial charge in [0, 0.05) is 6.92 Å². The molecule has 25 heavy (non-hydrogen) atoms. The van der Waals surface area contributed by atoms with E-state index in [1.165, 1.54) is 77.6 Å². The van der Waals surface area contributed by atoms with Gasteiger partial charge in [-0.15, -0.1) is 6.58 Å². The summed E-state index contributed by atoms with van der Waals surface area (Å²) in [5.41, 5.74) is 1.02. The van der Waals surface area contributed by atoms with Gasteiger partial charge in [0.25, 0.3) is 0 Å². The van der Waals surface area contributed by atoms with Crippen LogP contribution in [0.4, 0.5) is 0 Å². The van der Waals surface area contributed by atoms with Crippen molar-refractivity contribution in [1.29, 1.82) is 0 Å². The molecule has 0 heterocycles. The number of esters is 1. The molecule has 1 fully saturated rings. The molecule has 2 heteroatoms. The number of hydrogen-bond donors (Lipinski definition) is 0. The minimum atomic E-state index is -0.242. The van der Waals surface area contributed by atoms with Crippen molar-refractivity contribution in [2.75, 3.05) is 0 Å². The molecule has 1 aliphatic rings. The van der Waals surface area contributed by atoms with E-state index >= 15 is 0 Å². The molecule has 1 saturated carbocycles. The zero-order chi connectivity index (χ0) is 18.2. The van der Waals surface area contributed by atoms with Gasteiger partial charge in [-0.25, -0.2) is 0 Å². The Balaban J connectivity index is 0.000000257. The molecule has 0 amide bonds. The Morgan fingerprint density at radius 2 is 1.44 bits per heavy atom. The predicted molar refractivity (Wildman–Crippen MR) is 106 cm³/mol. The van der Waals surface area contributed by atoms with Gasteiger partial charge in [-0.1, -0.05) is 94.2 Å². The first-order valence-electron chi connectivity index (χ1n) is 10.0. The summed E-state index contributed by atoms with van der Waals surface area (Å²) in [7, 11) is 0. The number of carbonyl (C=O) groups is 1.